The lowest BCUT2D eigenvalue weighted by atomic mass is 9.90. The van der Waals surface area contributed by atoms with Gasteiger partial charge in [0.25, 0.3) is 11.8 Å². The van der Waals surface area contributed by atoms with Crippen molar-refractivity contribution in [1.29, 1.82) is 0 Å². The molecule has 15 heteroatoms. The number of fused-ring (bicyclic) bond motifs is 4. The number of hydrogen-bond donors (Lipinski definition) is 3. The van der Waals surface area contributed by atoms with Gasteiger partial charge in [-0.15, -0.1) is 0 Å². The van der Waals surface area contributed by atoms with Gasteiger partial charge in [0.15, 0.2) is 5.72 Å². The van der Waals surface area contributed by atoms with Crippen LogP contribution in [-0.2, 0) is 33.8 Å². The number of rotatable bonds is 5. The summed E-state index contributed by atoms with van der Waals surface area (Å²) in [5.74, 6) is -3.64. The number of nitrogens with one attached hydrogen (secondary N) is 2. The number of anilines is 1. The molecule has 2 amide bonds. The number of aliphatic hydroxyl groups is 1. The average Bonchev–Trinajstić information content (AvgIpc) is 3.47. The lowest BCUT2D eigenvalue weighted by molar-refractivity contribution is -0.111. The predicted octanol–water partition coefficient (Wildman–Crippen LogP) is 4.02. The first-order valence-corrected chi connectivity index (χ1v) is 14.0. The van der Waals surface area contributed by atoms with Gasteiger partial charge in [-0.1, -0.05) is 11.6 Å². The fourth-order valence-corrected chi connectivity index (χ4v) is 7.02. The normalized spacial score (nSPS) is 18.7. The van der Waals surface area contributed by atoms with Crippen LogP contribution in [0.15, 0.2) is 52.8 Å². The van der Waals surface area contributed by atoms with Crippen LogP contribution < -0.4 is 10.6 Å². The molecule has 6 rings (SSSR count). The van der Waals surface area contributed by atoms with Gasteiger partial charge in [0.1, 0.15) is 17.2 Å². The minimum atomic E-state index is -4.20. The van der Waals surface area contributed by atoms with Crippen LogP contribution in [-0.4, -0.2) is 41.5 Å². The Labute approximate surface area is 239 Å². The summed E-state index contributed by atoms with van der Waals surface area (Å²) in [5, 5.41) is 21.4. The molecule has 0 fully saturated rings. The summed E-state index contributed by atoms with van der Waals surface area (Å²) in [6, 6.07) is 7.03. The Kier molecular flexibility index (Phi) is 6.22. The van der Waals surface area contributed by atoms with Gasteiger partial charge in [-0.05, 0) is 42.5 Å². The van der Waals surface area contributed by atoms with Gasteiger partial charge >= 0.3 is 0 Å². The lowest BCUT2D eigenvalue weighted by Crippen LogP contribution is -2.41. The maximum absolute atomic E-state index is 14.3. The smallest absolute Gasteiger partial charge is 0.257 e. The Morgan fingerprint density at radius 2 is 1.86 bits per heavy atom. The Hall–Kier alpha value is -4.27. The standard InChI is InChI=1S/C27H17ClF4N4O5S/c1-36-19(9-21(31)32)14-8-18(33-25(37)15-10-42(40,41)20-7-12(30)2-4-13(15)20)23-22(24(14)35-36)26(38)34-27(23,39)16-6-11(29)3-5-17(16)28/h2-8,10,21,39H,9H2,1H3,(H,33,37)(H,34,38). The molecule has 0 radical (unpaired) electrons. The molecule has 9 nitrogen and oxygen atoms in total. The molecule has 3 N–H and O–H groups in total. The molecular formula is C27H17ClF4N4O5S. The molecule has 42 heavy (non-hydrogen) atoms. The number of carbonyl (C=O) groups excluding carboxylic acids is 2. The summed E-state index contributed by atoms with van der Waals surface area (Å²) in [6.45, 7) is 0. The number of benzene rings is 3. The highest BCUT2D eigenvalue weighted by molar-refractivity contribution is 7.95. The first kappa shape index (κ1) is 27.9. The Morgan fingerprint density at radius 1 is 1.17 bits per heavy atom. The molecular weight excluding hydrogens is 604 g/mol. The van der Waals surface area contributed by atoms with Crippen LogP contribution in [0.5, 0.6) is 0 Å². The highest BCUT2D eigenvalue weighted by Crippen LogP contribution is 2.46. The van der Waals surface area contributed by atoms with Crippen LogP contribution in [0.4, 0.5) is 23.2 Å². The number of nitrogens with zero attached hydrogens (tertiary/aromatic N) is 2. The summed E-state index contributed by atoms with van der Waals surface area (Å²) < 4.78 is 81.4. The molecule has 1 atom stereocenters. The monoisotopic (exact) mass is 620 g/mol. The Balaban J connectivity index is 1.60. The zero-order valence-corrected chi connectivity index (χ0v) is 22.7. The molecule has 0 spiro atoms. The van der Waals surface area contributed by atoms with Crippen molar-refractivity contribution >= 4 is 55.4 Å². The van der Waals surface area contributed by atoms with E-state index >= 15 is 0 Å². The highest BCUT2D eigenvalue weighted by atomic mass is 35.5. The lowest BCUT2D eigenvalue weighted by Gasteiger charge is -2.27. The molecule has 2 aliphatic heterocycles. The number of amides is 2. The van der Waals surface area contributed by atoms with Gasteiger partial charge in [-0.25, -0.2) is 26.0 Å². The topological polar surface area (TPSA) is 130 Å². The summed E-state index contributed by atoms with van der Waals surface area (Å²) in [6.07, 6.45) is -3.58. The van der Waals surface area contributed by atoms with Gasteiger partial charge in [-0.2, -0.15) is 5.10 Å². The van der Waals surface area contributed by atoms with Crippen LogP contribution in [0, 0.1) is 11.6 Å². The van der Waals surface area contributed by atoms with E-state index in [0.29, 0.717) is 5.41 Å². The second-order valence-corrected chi connectivity index (χ2v) is 11.9. The molecule has 0 saturated carbocycles. The maximum atomic E-state index is 14.3. The van der Waals surface area contributed by atoms with E-state index in [0.717, 1.165) is 41.1 Å². The molecule has 3 aromatic carbocycles. The van der Waals surface area contributed by atoms with E-state index < -0.39 is 56.8 Å². The molecule has 1 unspecified atom stereocenters. The Morgan fingerprint density at radius 3 is 2.57 bits per heavy atom. The van der Waals surface area contributed by atoms with Crippen molar-refractivity contribution in [1.82, 2.24) is 15.1 Å². The van der Waals surface area contributed by atoms with E-state index in [1.165, 1.54) is 13.1 Å². The van der Waals surface area contributed by atoms with Crippen LogP contribution in [0.2, 0.25) is 5.02 Å². The minimum Gasteiger partial charge on any atom is -0.363 e. The molecule has 0 bridgehead atoms. The van der Waals surface area contributed by atoms with E-state index in [1.807, 2.05) is 0 Å². The number of aromatic nitrogens is 2. The molecule has 1 aromatic heterocycles. The zero-order valence-electron chi connectivity index (χ0n) is 21.2. The van der Waals surface area contributed by atoms with E-state index in [-0.39, 0.29) is 55.1 Å². The van der Waals surface area contributed by atoms with E-state index in [1.54, 1.807) is 0 Å². The van der Waals surface area contributed by atoms with Crippen molar-refractivity contribution in [3.8, 4) is 0 Å². The SMILES string of the molecule is Cn1nc2c3c(c(NC(=O)C4=CS(=O)(=O)c5cc(F)ccc54)cc2c1CC(F)F)C(O)(c1cc(F)ccc1Cl)NC3=O. The number of halogens is 5. The van der Waals surface area contributed by atoms with Gasteiger partial charge < -0.3 is 15.7 Å². The third kappa shape index (κ3) is 4.16. The van der Waals surface area contributed by atoms with Crippen molar-refractivity contribution in [2.45, 2.75) is 23.5 Å². The number of aryl methyl sites for hydroxylation is 1. The van der Waals surface area contributed by atoms with Gasteiger partial charge in [0.2, 0.25) is 16.3 Å². The molecule has 216 valence electrons. The van der Waals surface area contributed by atoms with Gasteiger partial charge in [-0.3, -0.25) is 14.3 Å². The third-order valence-electron chi connectivity index (χ3n) is 7.11. The maximum Gasteiger partial charge on any atom is 0.257 e. The minimum absolute atomic E-state index is 0.00573. The molecule has 2 aliphatic rings. The fourth-order valence-electron chi connectivity index (χ4n) is 5.33. The number of carbonyl (C=O) groups is 2. The summed E-state index contributed by atoms with van der Waals surface area (Å²) >= 11 is 6.27. The number of sulfone groups is 1. The van der Waals surface area contributed by atoms with Crippen LogP contribution in [0.3, 0.4) is 0 Å². The molecule has 3 heterocycles. The largest absolute Gasteiger partial charge is 0.363 e. The summed E-state index contributed by atoms with van der Waals surface area (Å²) in [5.41, 5.74) is -4.38. The molecule has 0 saturated heterocycles. The zero-order chi connectivity index (χ0) is 30.3. The first-order valence-electron chi connectivity index (χ1n) is 12.1. The van der Waals surface area contributed by atoms with Crippen molar-refractivity contribution in [3.05, 3.63) is 92.5 Å². The molecule has 4 aromatic rings. The first-order chi connectivity index (χ1) is 19.7. The van der Waals surface area contributed by atoms with Crippen LogP contribution in [0.1, 0.15) is 32.7 Å². The summed E-state index contributed by atoms with van der Waals surface area (Å²) in [4.78, 5) is 26.4. The van der Waals surface area contributed by atoms with Crippen molar-refractivity contribution in [3.63, 3.8) is 0 Å². The van der Waals surface area contributed by atoms with Crippen molar-refractivity contribution < 1.29 is 40.7 Å². The van der Waals surface area contributed by atoms with Gasteiger partial charge in [0, 0.05) is 39.6 Å². The van der Waals surface area contributed by atoms with Crippen molar-refractivity contribution in [2.75, 3.05) is 5.32 Å². The number of alkyl halides is 2. The second kappa shape index (κ2) is 9.37. The quantitative estimate of drug-likeness (QED) is 0.289. The van der Waals surface area contributed by atoms with Crippen molar-refractivity contribution in [2.24, 2.45) is 7.05 Å². The van der Waals surface area contributed by atoms with Crippen LogP contribution >= 0.6 is 11.6 Å². The van der Waals surface area contributed by atoms with E-state index in [9.17, 15) is 40.7 Å². The highest BCUT2D eigenvalue weighted by Gasteiger charge is 2.48. The average molecular weight is 621 g/mol. The van der Waals surface area contributed by atoms with Gasteiger partial charge in [0.05, 0.1) is 33.8 Å². The second-order valence-electron chi connectivity index (χ2n) is 9.70. The fraction of sp³-hybridized carbons (Fsp3) is 0.148. The summed E-state index contributed by atoms with van der Waals surface area (Å²) in [7, 11) is -2.83. The third-order valence-corrected chi connectivity index (χ3v) is 8.93. The van der Waals surface area contributed by atoms with Crippen LogP contribution in [0.25, 0.3) is 16.5 Å². The van der Waals surface area contributed by atoms with E-state index in [2.05, 4.69) is 15.7 Å². The predicted molar refractivity (Wildman–Crippen MR) is 142 cm³/mol. The van der Waals surface area contributed by atoms with E-state index in [4.69, 9.17) is 11.6 Å². The number of hydrogen-bond acceptors (Lipinski definition) is 6. The Bertz CT molecular complexity index is 2030. The molecule has 0 aliphatic carbocycles.